The lowest BCUT2D eigenvalue weighted by Crippen LogP contribution is -2.38. The number of thioether (sulfide) groups is 1. The smallest absolute Gasteiger partial charge is 0.383 e. The van der Waals surface area contributed by atoms with E-state index in [1.165, 1.54) is 23.9 Å². The molecule has 0 amide bonds. The normalized spacial score (nSPS) is 15.2. The largest absolute Gasteiger partial charge is 0.415 e. The lowest BCUT2D eigenvalue weighted by molar-refractivity contribution is -0.212. The van der Waals surface area contributed by atoms with Crippen LogP contribution in [0.2, 0.25) is 0 Å². The Hall–Kier alpha value is -1.01. The Balaban J connectivity index is 2.86. The molecule has 2 atom stereocenters. The Morgan fingerprint density at radius 2 is 1.78 bits per heavy atom. The summed E-state index contributed by atoms with van der Waals surface area (Å²) in [7, 11) is 0. The van der Waals surface area contributed by atoms with Gasteiger partial charge in [-0.2, -0.15) is 13.2 Å². The highest BCUT2D eigenvalue weighted by Crippen LogP contribution is 2.27. The summed E-state index contributed by atoms with van der Waals surface area (Å²) >= 11 is 1.47. The van der Waals surface area contributed by atoms with Crippen LogP contribution in [0.4, 0.5) is 13.2 Å². The molecular formula is C12H13F3O2S. The third kappa shape index (κ3) is 3.49. The van der Waals surface area contributed by atoms with E-state index in [-0.39, 0.29) is 5.56 Å². The molecule has 0 aromatic heterocycles. The number of rotatable bonds is 4. The van der Waals surface area contributed by atoms with Gasteiger partial charge in [0, 0.05) is 10.5 Å². The molecule has 0 spiro atoms. The Bertz CT molecular complexity index is 414. The predicted octanol–water partition coefficient (Wildman–Crippen LogP) is 3.15. The molecule has 0 unspecified atom stereocenters. The SMILES string of the molecule is CSc1ccc(C(=O)[C@@H](C)[C@@H](O)C(F)(F)F)cc1. The predicted molar refractivity (Wildman–Crippen MR) is 63.8 cm³/mol. The zero-order valence-corrected chi connectivity index (χ0v) is 10.7. The van der Waals surface area contributed by atoms with Gasteiger partial charge in [-0.25, -0.2) is 0 Å². The molecule has 6 heteroatoms. The zero-order chi connectivity index (χ0) is 13.9. The topological polar surface area (TPSA) is 37.3 Å². The molecule has 1 N–H and O–H groups in total. The summed E-state index contributed by atoms with van der Waals surface area (Å²) in [5, 5.41) is 9.04. The van der Waals surface area contributed by atoms with Crippen LogP contribution in [0, 0.1) is 5.92 Å². The highest BCUT2D eigenvalue weighted by atomic mass is 32.2. The maximum atomic E-state index is 12.3. The minimum absolute atomic E-state index is 0.170. The van der Waals surface area contributed by atoms with E-state index in [2.05, 4.69) is 0 Å². The number of hydrogen-bond acceptors (Lipinski definition) is 3. The highest BCUT2D eigenvalue weighted by Gasteiger charge is 2.44. The first-order valence-electron chi connectivity index (χ1n) is 5.20. The van der Waals surface area contributed by atoms with E-state index >= 15 is 0 Å². The van der Waals surface area contributed by atoms with E-state index in [1.54, 1.807) is 12.1 Å². The average molecular weight is 278 g/mol. The van der Waals surface area contributed by atoms with Gasteiger partial charge < -0.3 is 5.11 Å². The molecule has 0 fully saturated rings. The standard InChI is InChI=1S/C12H13F3O2S/c1-7(11(17)12(13,14)15)10(16)8-3-5-9(18-2)6-4-8/h3-7,11,17H,1-2H3/t7-,11-/m1/s1. The van der Waals surface area contributed by atoms with E-state index in [1.807, 2.05) is 6.26 Å². The van der Waals surface area contributed by atoms with Crippen LogP contribution in [0.25, 0.3) is 0 Å². The van der Waals surface area contributed by atoms with Crippen molar-refractivity contribution in [3.63, 3.8) is 0 Å². The van der Waals surface area contributed by atoms with Crippen LogP contribution >= 0.6 is 11.8 Å². The van der Waals surface area contributed by atoms with Crippen molar-refractivity contribution in [1.29, 1.82) is 0 Å². The molecule has 0 aliphatic carbocycles. The van der Waals surface area contributed by atoms with Crippen molar-refractivity contribution in [2.75, 3.05) is 6.26 Å². The third-order valence-electron chi connectivity index (χ3n) is 2.60. The second-order valence-corrected chi connectivity index (χ2v) is 4.75. The number of aliphatic hydroxyl groups excluding tert-OH is 1. The van der Waals surface area contributed by atoms with Gasteiger partial charge in [-0.1, -0.05) is 19.1 Å². The van der Waals surface area contributed by atoms with Crippen LogP contribution in [-0.4, -0.2) is 29.4 Å². The fourth-order valence-electron chi connectivity index (χ4n) is 1.45. The van der Waals surface area contributed by atoms with Gasteiger partial charge in [0.15, 0.2) is 11.9 Å². The van der Waals surface area contributed by atoms with E-state index in [4.69, 9.17) is 5.11 Å². The Kier molecular flexibility index (Phi) is 4.81. The van der Waals surface area contributed by atoms with Crippen LogP contribution in [-0.2, 0) is 0 Å². The number of aliphatic hydroxyl groups is 1. The summed E-state index contributed by atoms with van der Waals surface area (Å²) in [6.45, 7) is 1.07. The number of carbonyl (C=O) groups is 1. The van der Waals surface area contributed by atoms with Gasteiger partial charge in [0.05, 0.1) is 5.92 Å². The maximum absolute atomic E-state index is 12.3. The van der Waals surface area contributed by atoms with Crippen LogP contribution in [0.15, 0.2) is 29.2 Å². The fourth-order valence-corrected chi connectivity index (χ4v) is 1.85. The lowest BCUT2D eigenvalue weighted by atomic mass is 9.94. The molecule has 0 aliphatic heterocycles. The monoisotopic (exact) mass is 278 g/mol. The van der Waals surface area contributed by atoms with Crippen LogP contribution in [0.1, 0.15) is 17.3 Å². The van der Waals surface area contributed by atoms with E-state index in [0.717, 1.165) is 11.8 Å². The molecule has 100 valence electrons. The number of halogens is 3. The fraction of sp³-hybridized carbons (Fsp3) is 0.417. The molecule has 0 saturated heterocycles. The molecule has 2 nitrogen and oxygen atoms in total. The first kappa shape index (κ1) is 15.0. The molecule has 0 radical (unpaired) electrons. The molecule has 1 aromatic rings. The average Bonchev–Trinajstić information content (AvgIpc) is 2.35. The summed E-state index contributed by atoms with van der Waals surface area (Å²) in [5.41, 5.74) is 0.170. The zero-order valence-electron chi connectivity index (χ0n) is 9.86. The first-order valence-corrected chi connectivity index (χ1v) is 6.43. The minimum Gasteiger partial charge on any atom is -0.383 e. The van der Waals surface area contributed by atoms with Crippen LogP contribution in [0.3, 0.4) is 0 Å². The summed E-state index contributed by atoms with van der Waals surface area (Å²) in [4.78, 5) is 12.7. The highest BCUT2D eigenvalue weighted by molar-refractivity contribution is 7.98. The van der Waals surface area contributed by atoms with Crippen molar-refractivity contribution in [1.82, 2.24) is 0 Å². The summed E-state index contributed by atoms with van der Waals surface area (Å²) in [5.74, 6) is -2.22. The van der Waals surface area contributed by atoms with E-state index < -0.39 is 24.0 Å². The second kappa shape index (κ2) is 5.75. The minimum atomic E-state index is -4.78. The van der Waals surface area contributed by atoms with Gasteiger partial charge in [-0.05, 0) is 18.4 Å². The Morgan fingerprint density at radius 3 is 2.17 bits per heavy atom. The molecular weight excluding hydrogens is 265 g/mol. The number of benzene rings is 1. The number of ketones is 1. The van der Waals surface area contributed by atoms with E-state index in [0.29, 0.717) is 0 Å². The number of hydrogen-bond donors (Lipinski definition) is 1. The molecule has 1 rings (SSSR count). The van der Waals surface area contributed by atoms with Crippen molar-refractivity contribution in [3.05, 3.63) is 29.8 Å². The van der Waals surface area contributed by atoms with Gasteiger partial charge >= 0.3 is 6.18 Å². The van der Waals surface area contributed by atoms with Crippen LogP contribution in [0.5, 0.6) is 0 Å². The van der Waals surface area contributed by atoms with Crippen molar-refractivity contribution < 1.29 is 23.1 Å². The summed E-state index contributed by atoms with van der Waals surface area (Å²) in [6, 6.07) is 6.25. The summed E-state index contributed by atoms with van der Waals surface area (Å²) < 4.78 is 36.9. The number of alkyl halides is 3. The van der Waals surface area contributed by atoms with Gasteiger partial charge in [-0.15, -0.1) is 11.8 Å². The lowest BCUT2D eigenvalue weighted by Gasteiger charge is -2.20. The van der Waals surface area contributed by atoms with Crippen molar-refractivity contribution in [3.8, 4) is 0 Å². The number of Topliss-reactive ketones (excluding diaryl/α,β-unsaturated/α-hetero) is 1. The number of carbonyl (C=O) groups excluding carboxylic acids is 1. The Labute approximate surface area is 107 Å². The van der Waals surface area contributed by atoms with Crippen molar-refractivity contribution in [2.24, 2.45) is 5.92 Å². The molecule has 0 aliphatic rings. The van der Waals surface area contributed by atoms with Crippen molar-refractivity contribution in [2.45, 2.75) is 24.1 Å². The van der Waals surface area contributed by atoms with Gasteiger partial charge in [0.25, 0.3) is 0 Å². The molecule has 18 heavy (non-hydrogen) atoms. The van der Waals surface area contributed by atoms with Gasteiger partial charge in [-0.3, -0.25) is 4.79 Å². The van der Waals surface area contributed by atoms with Gasteiger partial charge in [0.1, 0.15) is 0 Å². The van der Waals surface area contributed by atoms with Crippen molar-refractivity contribution >= 4 is 17.5 Å². The molecule has 0 bridgehead atoms. The maximum Gasteiger partial charge on any atom is 0.415 e. The third-order valence-corrected chi connectivity index (χ3v) is 3.34. The molecule has 0 heterocycles. The quantitative estimate of drug-likeness (QED) is 0.679. The Morgan fingerprint density at radius 1 is 1.28 bits per heavy atom. The molecule has 1 aromatic carbocycles. The first-order chi connectivity index (χ1) is 8.27. The van der Waals surface area contributed by atoms with Gasteiger partial charge in [0.2, 0.25) is 0 Å². The van der Waals surface area contributed by atoms with E-state index in [9.17, 15) is 18.0 Å². The second-order valence-electron chi connectivity index (χ2n) is 3.87. The molecule has 0 saturated carbocycles. The van der Waals surface area contributed by atoms with Crippen LogP contribution < -0.4 is 0 Å². The summed E-state index contributed by atoms with van der Waals surface area (Å²) in [6.07, 6.45) is -5.56.